The number of nitrogens with one attached hydrogen (secondary N) is 4. The number of nitrogens with zero attached hydrogens (tertiary/aromatic N) is 14. The van der Waals surface area contributed by atoms with Crippen molar-refractivity contribution < 1.29 is 14.4 Å². The van der Waals surface area contributed by atoms with Crippen LogP contribution in [-0.4, -0.2) is 89.1 Å². The van der Waals surface area contributed by atoms with Crippen LogP contribution in [0.5, 0.6) is 0 Å². The smallest absolute Gasteiger partial charge is 0.324 e. The Balaban J connectivity index is 1.15. The molecule has 0 bridgehead atoms. The quantitative estimate of drug-likeness (QED) is 0.101. The SMILES string of the molecule is Cn1c(=O)c2c(ncn2CCC(=O)Nc2nc(NC(=O)Cn3cnc4c3c(=O)[nH]c(=O)n4C)nc(NC(=O)Cn3cnc4c3c(=O)n(C)c(=O)n4C)n2)n(C)c1=O. The maximum absolute atomic E-state index is 13.3. The molecule has 27 heteroatoms. The molecule has 3 amide bonds. The van der Waals surface area contributed by atoms with Crippen LogP contribution in [0.1, 0.15) is 6.42 Å². The number of fused-ring (bicyclic) bond motifs is 3. The van der Waals surface area contributed by atoms with E-state index in [0.717, 1.165) is 18.3 Å². The molecule has 7 aromatic heterocycles. The molecule has 0 saturated heterocycles. The Bertz CT molecular complexity index is 3220. The van der Waals surface area contributed by atoms with Crippen LogP contribution in [0.4, 0.5) is 17.8 Å². The number of aromatic amines is 1. The van der Waals surface area contributed by atoms with Gasteiger partial charge in [-0.2, -0.15) is 15.0 Å². The number of aryl methyl sites for hydroxylation is 4. The van der Waals surface area contributed by atoms with Crippen molar-refractivity contribution in [2.75, 3.05) is 16.0 Å². The second kappa shape index (κ2) is 13.9. The third-order valence-corrected chi connectivity index (χ3v) is 8.91. The van der Waals surface area contributed by atoms with E-state index in [1.165, 1.54) is 72.5 Å². The van der Waals surface area contributed by atoms with E-state index in [2.05, 4.69) is 50.8 Å². The highest BCUT2D eigenvalue weighted by Crippen LogP contribution is 2.13. The molecule has 57 heavy (non-hydrogen) atoms. The highest BCUT2D eigenvalue weighted by Gasteiger charge is 2.20. The van der Waals surface area contributed by atoms with E-state index in [4.69, 9.17) is 0 Å². The first-order chi connectivity index (χ1) is 27.0. The van der Waals surface area contributed by atoms with Gasteiger partial charge >= 0.3 is 17.1 Å². The van der Waals surface area contributed by atoms with Gasteiger partial charge in [-0.15, -0.1) is 0 Å². The summed E-state index contributed by atoms with van der Waals surface area (Å²) in [5, 5.41) is 7.27. The molecule has 27 nitrogen and oxygen atoms in total. The van der Waals surface area contributed by atoms with Crippen molar-refractivity contribution in [2.24, 2.45) is 35.2 Å². The van der Waals surface area contributed by atoms with E-state index < -0.39 is 82.4 Å². The van der Waals surface area contributed by atoms with Crippen molar-refractivity contribution in [3.63, 3.8) is 0 Å². The van der Waals surface area contributed by atoms with Crippen molar-refractivity contribution in [2.45, 2.75) is 26.1 Å². The zero-order chi connectivity index (χ0) is 41.0. The third kappa shape index (κ3) is 6.56. The van der Waals surface area contributed by atoms with Gasteiger partial charge in [0.1, 0.15) is 13.1 Å². The molecule has 0 aliphatic carbocycles. The van der Waals surface area contributed by atoms with Crippen LogP contribution < -0.4 is 49.7 Å². The highest BCUT2D eigenvalue weighted by molar-refractivity contribution is 5.93. The molecule has 294 valence electrons. The van der Waals surface area contributed by atoms with Crippen LogP contribution in [0.3, 0.4) is 0 Å². The van der Waals surface area contributed by atoms with Gasteiger partial charge in [0.2, 0.25) is 35.6 Å². The molecule has 0 aliphatic rings. The van der Waals surface area contributed by atoms with Crippen LogP contribution in [0.2, 0.25) is 0 Å². The Hall–Kier alpha value is -8.13. The zero-order valence-electron chi connectivity index (χ0n) is 30.5. The number of carbonyl (C=O) groups is 3. The number of H-pyrrole nitrogens is 1. The molecular weight excluding hydrogens is 756 g/mol. The van der Waals surface area contributed by atoms with Gasteiger partial charge in [0.15, 0.2) is 33.5 Å². The fourth-order valence-corrected chi connectivity index (χ4v) is 5.98. The van der Waals surface area contributed by atoms with Crippen LogP contribution in [0.25, 0.3) is 33.5 Å². The van der Waals surface area contributed by atoms with Crippen molar-refractivity contribution in [3.05, 3.63) is 81.5 Å². The summed E-state index contributed by atoms with van der Waals surface area (Å²) in [4.78, 5) is 141. The number of amides is 3. The number of hydrogen-bond donors (Lipinski definition) is 4. The molecule has 0 radical (unpaired) electrons. The summed E-state index contributed by atoms with van der Waals surface area (Å²) in [6.45, 7) is -1.09. The second-order valence-corrected chi connectivity index (χ2v) is 12.6. The lowest BCUT2D eigenvalue weighted by molar-refractivity contribution is -0.117. The molecule has 7 rings (SSSR count). The fourth-order valence-electron chi connectivity index (χ4n) is 5.98. The van der Waals surface area contributed by atoms with Gasteiger partial charge in [0.25, 0.3) is 16.7 Å². The molecule has 0 spiro atoms. The summed E-state index contributed by atoms with van der Waals surface area (Å²) in [5.41, 5.74) is -3.86. The van der Waals surface area contributed by atoms with Gasteiger partial charge in [-0.3, -0.25) is 72.5 Å². The lowest BCUT2D eigenvalue weighted by atomic mass is 10.4. The van der Waals surface area contributed by atoms with Crippen LogP contribution in [0, 0.1) is 0 Å². The minimum Gasteiger partial charge on any atom is -0.324 e. The van der Waals surface area contributed by atoms with Crippen molar-refractivity contribution in [3.8, 4) is 0 Å². The average molecular weight is 787 g/mol. The van der Waals surface area contributed by atoms with E-state index in [1.807, 2.05) is 0 Å². The Labute approximate surface area is 313 Å². The largest absolute Gasteiger partial charge is 0.332 e. The van der Waals surface area contributed by atoms with Crippen LogP contribution in [0.15, 0.2) is 47.7 Å². The lowest BCUT2D eigenvalue weighted by Gasteiger charge is -2.11. The molecule has 7 aromatic rings. The van der Waals surface area contributed by atoms with Crippen molar-refractivity contribution >= 4 is 69.1 Å². The van der Waals surface area contributed by atoms with Gasteiger partial charge in [-0.25, -0.2) is 29.3 Å². The number of rotatable bonds is 10. The topological polar surface area (TPSA) is 322 Å². The predicted octanol–water partition coefficient (Wildman–Crippen LogP) is -4.59. The Morgan fingerprint density at radius 3 is 1.44 bits per heavy atom. The van der Waals surface area contributed by atoms with E-state index >= 15 is 0 Å². The van der Waals surface area contributed by atoms with E-state index in [0.29, 0.717) is 0 Å². The summed E-state index contributed by atoms with van der Waals surface area (Å²) in [6.07, 6.45) is 3.41. The van der Waals surface area contributed by atoms with Crippen molar-refractivity contribution in [1.29, 1.82) is 0 Å². The van der Waals surface area contributed by atoms with Gasteiger partial charge in [0.05, 0.1) is 19.0 Å². The summed E-state index contributed by atoms with van der Waals surface area (Å²) in [6, 6.07) is 0. The predicted molar refractivity (Wildman–Crippen MR) is 196 cm³/mol. The fraction of sp³-hybridized carbons (Fsp3) is 0.300. The minimum atomic E-state index is -0.794. The lowest BCUT2D eigenvalue weighted by Crippen LogP contribution is -2.37. The normalized spacial score (nSPS) is 11.5. The highest BCUT2D eigenvalue weighted by atomic mass is 16.2. The molecule has 0 atom stereocenters. The monoisotopic (exact) mass is 786 g/mol. The summed E-state index contributed by atoms with van der Waals surface area (Å²) in [7, 11) is 6.83. The summed E-state index contributed by atoms with van der Waals surface area (Å²) in [5.74, 6) is -3.59. The number of aromatic nitrogens is 15. The second-order valence-electron chi connectivity index (χ2n) is 12.6. The van der Waals surface area contributed by atoms with Gasteiger partial charge < -0.3 is 13.7 Å². The first-order valence-corrected chi connectivity index (χ1v) is 16.6. The van der Waals surface area contributed by atoms with Crippen LogP contribution >= 0.6 is 0 Å². The molecule has 4 N–H and O–H groups in total. The number of hydrogen-bond acceptors (Lipinski definition) is 15. The third-order valence-electron chi connectivity index (χ3n) is 8.91. The molecule has 0 unspecified atom stereocenters. The van der Waals surface area contributed by atoms with Gasteiger partial charge in [0, 0.05) is 48.2 Å². The molecule has 0 aromatic carbocycles. The summed E-state index contributed by atoms with van der Waals surface area (Å²) < 4.78 is 8.96. The minimum absolute atomic E-state index is 0.0190. The number of carbonyl (C=O) groups excluding carboxylic acids is 3. The van der Waals surface area contributed by atoms with Crippen molar-refractivity contribution in [1.82, 2.24) is 71.4 Å². The Morgan fingerprint density at radius 2 is 0.947 bits per heavy atom. The first-order valence-electron chi connectivity index (χ1n) is 16.6. The zero-order valence-corrected chi connectivity index (χ0v) is 30.5. The van der Waals surface area contributed by atoms with E-state index in [9.17, 15) is 43.2 Å². The molecule has 0 fully saturated rings. The molecule has 7 heterocycles. The average Bonchev–Trinajstić information content (AvgIpc) is 3.90. The number of imidazole rings is 3. The van der Waals surface area contributed by atoms with E-state index in [-0.39, 0.29) is 46.5 Å². The van der Waals surface area contributed by atoms with Gasteiger partial charge in [-0.1, -0.05) is 0 Å². The molecule has 0 aliphatic heterocycles. The van der Waals surface area contributed by atoms with Gasteiger partial charge in [-0.05, 0) is 0 Å². The van der Waals surface area contributed by atoms with E-state index in [1.54, 1.807) is 0 Å². The van der Waals surface area contributed by atoms with Crippen LogP contribution in [-0.2, 0) is 69.3 Å². The maximum Gasteiger partial charge on any atom is 0.332 e. The molecule has 0 saturated carbocycles. The standard InChI is InChI=1S/C30H30N18O9/c1-41-19-16(22(52)37-28(41)55)47(11-32-19)8-14(50)35-26-38-25(34-13(49)6-7-46-10-31-20-17(46)23(53)44(4)29(56)42(20)2)39-27(40-26)36-15(51)9-48-12-33-21-18(48)24(54)45(5)30(57)43(21)3/h10-12H,6-9H2,1-5H3,(H,37,52,55)(H3,34,35,36,38,39,40,49,50,51). The molecular formula is C30H30N18O9. The Morgan fingerprint density at radius 1 is 0.544 bits per heavy atom. The first kappa shape index (κ1) is 37.2. The number of anilines is 3. The summed E-state index contributed by atoms with van der Waals surface area (Å²) >= 11 is 0. The maximum atomic E-state index is 13.3. The Kier molecular flexibility index (Phi) is 9.09.